The van der Waals surface area contributed by atoms with E-state index < -0.39 is 29.7 Å². The summed E-state index contributed by atoms with van der Waals surface area (Å²) in [6.45, 7) is 14.9. The molecule has 2 saturated heterocycles. The van der Waals surface area contributed by atoms with Gasteiger partial charge in [0.2, 0.25) is 0 Å². The summed E-state index contributed by atoms with van der Waals surface area (Å²) < 4.78 is 37.6. The van der Waals surface area contributed by atoms with Gasteiger partial charge in [0.05, 0.1) is 17.8 Å². The smallest absolute Gasteiger partial charge is 0.490 e. The molecule has 1 atom stereocenters. The summed E-state index contributed by atoms with van der Waals surface area (Å²) in [5.41, 5.74) is -0.751. The van der Waals surface area contributed by atoms with Gasteiger partial charge in [-0.3, -0.25) is 0 Å². The average Bonchev–Trinajstić information content (AvgIpc) is 3.15. The van der Waals surface area contributed by atoms with Crippen LogP contribution in [0.15, 0.2) is 18.2 Å². The van der Waals surface area contributed by atoms with Gasteiger partial charge in [0.15, 0.2) is 11.6 Å². The van der Waals surface area contributed by atoms with Crippen LogP contribution in [0.2, 0.25) is 0 Å². The molecular weight excluding hydrogens is 388 g/mol. The summed E-state index contributed by atoms with van der Waals surface area (Å²) in [5.74, 6) is -0.146. The van der Waals surface area contributed by atoms with E-state index >= 15 is 0 Å². The van der Waals surface area contributed by atoms with Gasteiger partial charge < -0.3 is 23.7 Å². The second-order valence-corrected chi connectivity index (χ2v) is 10.2. The molecule has 0 unspecified atom stereocenters. The molecule has 0 spiro atoms. The largest absolute Gasteiger partial charge is 0.494 e. The molecule has 0 aliphatic carbocycles. The van der Waals surface area contributed by atoms with Crippen molar-refractivity contribution in [2.75, 3.05) is 19.7 Å². The summed E-state index contributed by atoms with van der Waals surface area (Å²) in [5, 5.41) is 0. The molecule has 2 fully saturated rings. The number of halogens is 1. The van der Waals surface area contributed by atoms with E-state index in [0.717, 1.165) is 6.42 Å². The maximum Gasteiger partial charge on any atom is 0.494 e. The van der Waals surface area contributed by atoms with Crippen molar-refractivity contribution in [3.8, 4) is 5.75 Å². The minimum Gasteiger partial charge on any atom is -0.490 e. The molecular formula is C22H33BFNO5. The minimum atomic E-state index is -0.577. The van der Waals surface area contributed by atoms with Crippen LogP contribution >= 0.6 is 0 Å². The van der Waals surface area contributed by atoms with Crippen molar-refractivity contribution in [2.24, 2.45) is 5.92 Å². The second kappa shape index (κ2) is 8.04. The van der Waals surface area contributed by atoms with Crippen LogP contribution in [0, 0.1) is 11.7 Å². The Morgan fingerprint density at radius 3 is 2.47 bits per heavy atom. The van der Waals surface area contributed by atoms with Crippen molar-refractivity contribution < 1.29 is 28.0 Å². The molecule has 1 amide bonds. The highest BCUT2D eigenvalue weighted by atomic mass is 19.1. The van der Waals surface area contributed by atoms with Gasteiger partial charge in [0.25, 0.3) is 0 Å². The highest BCUT2D eigenvalue weighted by Gasteiger charge is 2.51. The van der Waals surface area contributed by atoms with E-state index in [1.807, 2.05) is 48.5 Å². The molecule has 166 valence electrons. The van der Waals surface area contributed by atoms with E-state index in [4.69, 9.17) is 18.8 Å². The van der Waals surface area contributed by atoms with Crippen LogP contribution in [0.3, 0.4) is 0 Å². The third kappa shape index (κ3) is 5.09. The number of carbonyl (C=O) groups is 1. The number of rotatable bonds is 4. The number of hydrogen-bond acceptors (Lipinski definition) is 5. The van der Waals surface area contributed by atoms with Gasteiger partial charge in [-0.25, -0.2) is 9.18 Å². The summed E-state index contributed by atoms with van der Waals surface area (Å²) in [4.78, 5) is 13.9. The molecule has 0 bridgehead atoms. The Hall–Kier alpha value is -1.80. The molecule has 2 aliphatic rings. The van der Waals surface area contributed by atoms with Crippen molar-refractivity contribution in [1.29, 1.82) is 0 Å². The highest BCUT2D eigenvalue weighted by Crippen LogP contribution is 2.36. The molecule has 0 radical (unpaired) electrons. The average molecular weight is 421 g/mol. The van der Waals surface area contributed by atoms with Crippen molar-refractivity contribution in [1.82, 2.24) is 4.90 Å². The number of likely N-dealkylation sites (tertiary alicyclic amines) is 1. The molecule has 1 aromatic rings. The second-order valence-electron chi connectivity index (χ2n) is 10.2. The van der Waals surface area contributed by atoms with Crippen molar-refractivity contribution in [2.45, 2.75) is 71.7 Å². The van der Waals surface area contributed by atoms with Gasteiger partial charge in [0, 0.05) is 19.0 Å². The Morgan fingerprint density at radius 2 is 1.87 bits per heavy atom. The lowest BCUT2D eigenvalue weighted by Crippen LogP contribution is -2.41. The zero-order valence-corrected chi connectivity index (χ0v) is 19.1. The quantitative estimate of drug-likeness (QED) is 0.693. The molecule has 2 heterocycles. The Kier molecular flexibility index (Phi) is 6.13. The van der Waals surface area contributed by atoms with Gasteiger partial charge in [-0.1, -0.05) is 6.07 Å². The number of hydrogen-bond donors (Lipinski definition) is 0. The molecule has 0 aromatic heterocycles. The van der Waals surface area contributed by atoms with Gasteiger partial charge in [0.1, 0.15) is 5.60 Å². The summed E-state index contributed by atoms with van der Waals surface area (Å²) in [6, 6.07) is 4.67. The zero-order valence-electron chi connectivity index (χ0n) is 19.1. The lowest BCUT2D eigenvalue weighted by molar-refractivity contribution is 0.00578. The molecule has 3 rings (SSSR count). The topological polar surface area (TPSA) is 57.2 Å². The van der Waals surface area contributed by atoms with Gasteiger partial charge in [-0.15, -0.1) is 0 Å². The highest BCUT2D eigenvalue weighted by molar-refractivity contribution is 6.62. The van der Waals surface area contributed by atoms with E-state index in [9.17, 15) is 9.18 Å². The Balaban J connectivity index is 1.59. The van der Waals surface area contributed by atoms with Crippen LogP contribution in [-0.2, 0) is 14.0 Å². The third-order valence-corrected chi connectivity index (χ3v) is 5.89. The summed E-state index contributed by atoms with van der Waals surface area (Å²) >= 11 is 0. The van der Waals surface area contributed by atoms with E-state index in [2.05, 4.69) is 0 Å². The normalized spacial score (nSPS) is 23.0. The molecule has 30 heavy (non-hydrogen) atoms. The predicted molar refractivity (Wildman–Crippen MR) is 114 cm³/mol. The van der Waals surface area contributed by atoms with Crippen molar-refractivity contribution in [3.63, 3.8) is 0 Å². The fourth-order valence-corrected chi connectivity index (χ4v) is 3.42. The molecule has 0 saturated carbocycles. The van der Waals surface area contributed by atoms with Gasteiger partial charge in [-0.2, -0.15) is 0 Å². The van der Waals surface area contributed by atoms with E-state index in [0.29, 0.717) is 25.2 Å². The van der Waals surface area contributed by atoms with Gasteiger partial charge in [-0.05, 0) is 72.5 Å². The first-order valence-electron chi connectivity index (χ1n) is 10.5. The Morgan fingerprint density at radius 1 is 1.23 bits per heavy atom. The van der Waals surface area contributed by atoms with E-state index in [1.54, 1.807) is 17.0 Å². The SMILES string of the molecule is CC(C)(C)OC(=O)N1CC[C@@H](COc2cc(B3OC(C)(C)C(C)(C)O3)ccc2F)C1. The number of amides is 1. The molecule has 8 heteroatoms. The van der Waals surface area contributed by atoms with Crippen LogP contribution in [0.1, 0.15) is 54.9 Å². The minimum absolute atomic E-state index is 0.123. The lowest BCUT2D eigenvalue weighted by atomic mass is 9.79. The zero-order chi connectivity index (χ0) is 22.3. The monoisotopic (exact) mass is 421 g/mol. The van der Waals surface area contributed by atoms with Crippen LogP contribution < -0.4 is 10.2 Å². The maximum absolute atomic E-state index is 14.3. The predicted octanol–water partition coefficient (Wildman–Crippen LogP) is 3.76. The van der Waals surface area contributed by atoms with E-state index in [-0.39, 0.29) is 17.8 Å². The van der Waals surface area contributed by atoms with Crippen LogP contribution in [0.5, 0.6) is 5.75 Å². The molecule has 0 N–H and O–H groups in total. The first kappa shape index (κ1) is 22.9. The number of benzene rings is 1. The first-order chi connectivity index (χ1) is 13.8. The maximum atomic E-state index is 14.3. The first-order valence-corrected chi connectivity index (χ1v) is 10.5. The van der Waals surface area contributed by atoms with Crippen LogP contribution in [0.4, 0.5) is 9.18 Å². The van der Waals surface area contributed by atoms with Crippen LogP contribution in [-0.4, -0.2) is 54.6 Å². The number of ether oxygens (including phenoxy) is 2. The summed E-state index contributed by atoms with van der Waals surface area (Å²) in [6.07, 6.45) is 0.469. The van der Waals surface area contributed by atoms with E-state index in [1.165, 1.54) is 6.07 Å². The fourth-order valence-electron chi connectivity index (χ4n) is 3.42. The standard InChI is InChI=1S/C22H33BFNO5/c1-20(2,3)28-19(26)25-11-10-15(13-25)14-27-18-12-16(8-9-17(18)24)23-29-21(4,5)22(6,7)30-23/h8-9,12,15H,10-11,13-14H2,1-7H3/t15-/m1/s1. The number of carbonyl (C=O) groups excluding carboxylic acids is 1. The van der Waals surface area contributed by atoms with Gasteiger partial charge >= 0.3 is 13.2 Å². The van der Waals surface area contributed by atoms with Crippen LogP contribution in [0.25, 0.3) is 0 Å². The lowest BCUT2D eigenvalue weighted by Gasteiger charge is -2.32. The van der Waals surface area contributed by atoms with Crippen molar-refractivity contribution in [3.05, 3.63) is 24.0 Å². The third-order valence-electron chi connectivity index (χ3n) is 5.89. The number of nitrogens with zero attached hydrogens (tertiary/aromatic N) is 1. The molecule has 1 aromatic carbocycles. The Labute approximate surface area is 179 Å². The summed E-state index contributed by atoms with van der Waals surface area (Å²) in [7, 11) is -0.577. The van der Waals surface area contributed by atoms with Crippen molar-refractivity contribution >= 4 is 18.7 Å². The molecule has 2 aliphatic heterocycles. The molecule has 6 nitrogen and oxygen atoms in total. The fraction of sp³-hybridized carbons (Fsp3) is 0.682. The Bertz CT molecular complexity index is 776.